The number of anilines is 1. The highest BCUT2D eigenvalue weighted by atomic mass is 35.5. The van der Waals surface area contributed by atoms with Crippen LogP contribution in [0.25, 0.3) is 0 Å². The van der Waals surface area contributed by atoms with Crippen LogP contribution in [0.3, 0.4) is 0 Å². The van der Waals surface area contributed by atoms with Crippen LogP contribution in [-0.2, 0) is 26.2 Å². The zero-order valence-electron chi connectivity index (χ0n) is 21.8. The van der Waals surface area contributed by atoms with Crippen molar-refractivity contribution in [3.05, 3.63) is 93.7 Å². The number of hydrogen-bond acceptors (Lipinski definition) is 4. The molecule has 0 aromatic heterocycles. The Morgan fingerprint density at radius 2 is 1.64 bits per heavy atom. The highest BCUT2D eigenvalue weighted by Crippen LogP contribution is 2.35. The van der Waals surface area contributed by atoms with Crippen molar-refractivity contribution >= 4 is 50.7 Å². The van der Waals surface area contributed by atoms with E-state index in [9.17, 15) is 22.4 Å². The van der Waals surface area contributed by atoms with Crippen molar-refractivity contribution in [2.45, 2.75) is 44.7 Å². The van der Waals surface area contributed by atoms with Crippen LogP contribution in [0.15, 0.2) is 71.6 Å². The second-order valence-electron chi connectivity index (χ2n) is 9.01. The molecule has 3 aromatic rings. The normalized spacial score (nSPS) is 12.1. The summed E-state index contributed by atoms with van der Waals surface area (Å²) in [5.74, 6) is -1.51. The van der Waals surface area contributed by atoms with Gasteiger partial charge in [-0.1, -0.05) is 66.0 Å². The maximum Gasteiger partial charge on any atom is 0.264 e. The fourth-order valence-corrected chi connectivity index (χ4v) is 5.67. The van der Waals surface area contributed by atoms with Gasteiger partial charge >= 0.3 is 0 Å². The van der Waals surface area contributed by atoms with Gasteiger partial charge in [0.2, 0.25) is 11.8 Å². The highest BCUT2D eigenvalue weighted by Gasteiger charge is 2.33. The molecule has 0 spiro atoms. The zero-order chi connectivity index (χ0) is 28.7. The number of amides is 2. The summed E-state index contributed by atoms with van der Waals surface area (Å²) in [6, 6.07) is 15.2. The maximum atomic E-state index is 13.8. The summed E-state index contributed by atoms with van der Waals surface area (Å²) in [7, 11) is -4.28. The van der Waals surface area contributed by atoms with E-state index in [1.54, 1.807) is 19.1 Å². The van der Waals surface area contributed by atoms with Crippen LogP contribution in [-0.4, -0.2) is 44.3 Å². The number of halogens is 3. The van der Waals surface area contributed by atoms with Gasteiger partial charge in [-0.2, -0.15) is 0 Å². The lowest BCUT2D eigenvalue weighted by molar-refractivity contribution is -0.139. The summed E-state index contributed by atoms with van der Waals surface area (Å²) in [5, 5.41) is 2.83. The maximum absolute atomic E-state index is 13.8. The van der Waals surface area contributed by atoms with E-state index < -0.39 is 40.2 Å². The van der Waals surface area contributed by atoms with Gasteiger partial charge in [-0.25, -0.2) is 12.8 Å². The minimum atomic E-state index is -4.28. The molecule has 7 nitrogen and oxygen atoms in total. The van der Waals surface area contributed by atoms with Crippen LogP contribution in [0.1, 0.15) is 31.4 Å². The van der Waals surface area contributed by atoms with E-state index in [1.807, 2.05) is 13.8 Å². The highest BCUT2D eigenvalue weighted by molar-refractivity contribution is 7.92. The molecule has 0 aliphatic heterocycles. The first-order valence-electron chi connectivity index (χ1n) is 12.3. The molecule has 208 valence electrons. The van der Waals surface area contributed by atoms with Gasteiger partial charge in [0.15, 0.2) is 0 Å². The molecule has 11 heteroatoms. The minimum Gasteiger partial charge on any atom is -0.354 e. The van der Waals surface area contributed by atoms with Gasteiger partial charge in [-0.15, -0.1) is 0 Å². The average molecular weight is 595 g/mol. The second-order valence-corrected chi connectivity index (χ2v) is 11.7. The molecule has 0 heterocycles. The standard InChI is InChI=1S/C28H30Cl2FN3O4S/c1-4-16-32-28(36)20(3)33(17-21-10-12-22(31)13-11-21)26(35)18-34(25-7-5-6-24(29)27(25)30)39(37,38)23-14-8-19(2)9-15-23/h5-15,20H,4,16-18H2,1-3H3,(H,32,36)/t20-/m0/s1. The van der Waals surface area contributed by atoms with Crippen LogP contribution < -0.4 is 9.62 Å². The quantitative estimate of drug-likeness (QED) is 0.314. The van der Waals surface area contributed by atoms with Gasteiger partial charge in [-0.05, 0) is 62.2 Å². The number of rotatable bonds is 11. The fourth-order valence-electron chi connectivity index (χ4n) is 3.80. The minimum absolute atomic E-state index is 0.0166. The lowest BCUT2D eigenvalue weighted by atomic mass is 10.1. The Morgan fingerprint density at radius 1 is 1.00 bits per heavy atom. The van der Waals surface area contributed by atoms with Crippen molar-refractivity contribution in [1.29, 1.82) is 0 Å². The Morgan fingerprint density at radius 3 is 2.26 bits per heavy atom. The number of nitrogens with zero attached hydrogens (tertiary/aromatic N) is 2. The van der Waals surface area contributed by atoms with Crippen LogP contribution in [0, 0.1) is 12.7 Å². The molecule has 0 radical (unpaired) electrons. The molecule has 0 aliphatic rings. The number of carbonyl (C=O) groups excluding carboxylic acids is 2. The zero-order valence-corrected chi connectivity index (χ0v) is 24.2. The summed E-state index contributed by atoms with van der Waals surface area (Å²) in [5.41, 5.74) is 1.44. The van der Waals surface area contributed by atoms with Crippen molar-refractivity contribution < 1.29 is 22.4 Å². The molecule has 0 aliphatic carbocycles. The molecule has 0 saturated heterocycles. The van der Waals surface area contributed by atoms with E-state index in [1.165, 1.54) is 59.5 Å². The van der Waals surface area contributed by atoms with E-state index >= 15 is 0 Å². The van der Waals surface area contributed by atoms with Crippen molar-refractivity contribution in [2.24, 2.45) is 0 Å². The van der Waals surface area contributed by atoms with Crippen LogP contribution in [0.2, 0.25) is 10.0 Å². The molecule has 39 heavy (non-hydrogen) atoms. The number of sulfonamides is 1. The van der Waals surface area contributed by atoms with Gasteiger partial charge in [-0.3, -0.25) is 13.9 Å². The van der Waals surface area contributed by atoms with E-state index in [0.29, 0.717) is 18.5 Å². The lowest BCUT2D eigenvalue weighted by Gasteiger charge is -2.32. The van der Waals surface area contributed by atoms with Gasteiger partial charge < -0.3 is 10.2 Å². The molecule has 3 aromatic carbocycles. The van der Waals surface area contributed by atoms with Crippen LogP contribution >= 0.6 is 23.2 Å². The molecule has 0 saturated carbocycles. The fraction of sp³-hybridized carbons (Fsp3) is 0.286. The molecule has 2 amide bonds. The molecule has 0 fully saturated rings. The van der Waals surface area contributed by atoms with E-state index in [-0.39, 0.29) is 27.2 Å². The number of carbonyl (C=O) groups is 2. The first kappa shape index (κ1) is 30.4. The number of benzene rings is 3. The van der Waals surface area contributed by atoms with E-state index in [4.69, 9.17) is 23.2 Å². The number of nitrogens with one attached hydrogen (secondary N) is 1. The number of aryl methyl sites for hydroxylation is 1. The molecule has 1 N–H and O–H groups in total. The third-order valence-electron chi connectivity index (χ3n) is 6.07. The lowest BCUT2D eigenvalue weighted by Crippen LogP contribution is -2.51. The molecule has 0 bridgehead atoms. The predicted octanol–water partition coefficient (Wildman–Crippen LogP) is 5.58. The first-order valence-corrected chi connectivity index (χ1v) is 14.5. The molecular formula is C28H30Cl2FN3O4S. The van der Waals surface area contributed by atoms with Gasteiger partial charge in [0, 0.05) is 13.1 Å². The summed E-state index contributed by atoms with van der Waals surface area (Å²) < 4.78 is 42.1. The molecule has 3 rings (SSSR count). The summed E-state index contributed by atoms with van der Waals surface area (Å²) in [6.45, 7) is 4.97. The van der Waals surface area contributed by atoms with Crippen molar-refractivity contribution in [1.82, 2.24) is 10.2 Å². The third kappa shape index (κ3) is 7.50. The van der Waals surface area contributed by atoms with Gasteiger partial charge in [0.1, 0.15) is 18.4 Å². The Balaban J connectivity index is 2.05. The Hall–Kier alpha value is -3.14. The Labute approximate surface area is 238 Å². The topological polar surface area (TPSA) is 86.8 Å². The van der Waals surface area contributed by atoms with Gasteiger partial charge in [0.25, 0.3) is 10.0 Å². The Kier molecular flexibility index (Phi) is 10.4. The summed E-state index contributed by atoms with van der Waals surface area (Å²) in [6.07, 6.45) is 0.695. The monoisotopic (exact) mass is 593 g/mol. The van der Waals surface area contributed by atoms with Crippen molar-refractivity contribution in [3.8, 4) is 0 Å². The first-order chi connectivity index (χ1) is 18.4. The van der Waals surface area contributed by atoms with E-state index in [0.717, 1.165) is 9.87 Å². The average Bonchev–Trinajstić information content (AvgIpc) is 2.91. The largest absolute Gasteiger partial charge is 0.354 e. The predicted molar refractivity (Wildman–Crippen MR) is 152 cm³/mol. The van der Waals surface area contributed by atoms with Crippen LogP contribution in [0.4, 0.5) is 10.1 Å². The molecular weight excluding hydrogens is 564 g/mol. The SMILES string of the molecule is CCCNC(=O)[C@H](C)N(Cc1ccc(F)cc1)C(=O)CN(c1cccc(Cl)c1Cl)S(=O)(=O)c1ccc(C)cc1. The van der Waals surface area contributed by atoms with E-state index in [2.05, 4.69) is 5.32 Å². The second kappa shape index (κ2) is 13.3. The summed E-state index contributed by atoms with van der Waals surface area (Å²) in [4.78, 5) is 27.9. The third-order valence-corrected chi connectivity index (χ3v) is 8.65. The molecule has 0 unspecified atom stereocenters. The van der Waals surface area contributed by atoms with Crippen molar-refractivity contribution in [2.75, 3.05) is 17.4 Å². The van der Waals surface area contributed by atoms with Crippen molar-refractivity contribution in [3.63, 3.8) is 0 Å². The van der Waals surface area contributed by atoms with Gasteiger partial charge in [0.05, 0.1) is 20.6 Å². The number of hydrogen-bond donors (Lipinski definition) is 1. The van der Waals surface area contributed by atoms with Crippen LogP contribution in [0.5, 0.6) is 0 Å². The summed E-state index contributed by atoms with van der Waals surface area (Å²) >= 11 is 12.6. The Bertz CT molecular complexity index is 1420. The molecule has 1 atom stereocenters. The smallest absolute Gasteiger partial charge is 0.264 e.